The van der Waals surface area contributed by atoms with E-state index >= 15 is 0 Å². The number of nitrogens with zero attached hydrogens (tertiary/aromatic N) is 3. The van der Waals surface area contributed by atoms with Gasteiger partial charge >= 0.3 is 0 Å². The van der Waals surface area contributed by atoms with Gasteiger partial charge in [-0.05, 0) is 35.9 Å². The lowest BCUT2D eigenvalue weighted by atomic mass is 10.1. The van der Waals surface area contributed by atoms with Crippen LogP contribution in [0, 0.1) is 5.82 Å². The normalized spacial score (nSPS) is 15.8. The van der Waals surface area contributed by atoms with E-state index in [2.05, 4.69) is 39.0 Å². The molecule has 162 valence electrons. The fourth-order valence-electron chi connectivity index (χ4n) is 4.24. The summed E-state index contributed by atoms with van der Waals surface area (Å²) in [4.78, 5) is 10.5. The van der Waals surface area contributed by atoms with Crippen molar-refractivity contribution in [1.82, 2.24) is 9.88 Å². The van der Waals surface area contributed by atoms with E-state index in [4.69, 9.17) is 0 Å². The maximum atomic E-state index is 14.2. The third kappa shape index (κ3) is 4.35. The smallest absolute Gasteiger partial charge is 0.200 e. The molecular weight excluding hydrogens is 421 g/mol. The molecule has 0 saturated carbocycles. The van der Waals surface area contributed by atoms with Gasteiger partial charge < -0.3 is 9.45 Å². The molecule has 32 heavy (non-hydrogen) atoms. The van der Waals surface area contributed by atoms with Crippen molar-refractivity contribution >= 4 is 27.8 Å². The Morgan fingerprint density at radius 1 is 0.875 bits per heavy atom. The molecule has 0 bridgehead atoms. The molecule has 0 N–H and O–H groups in total. The van der Waals surface area contributed by atoms with Gasteiger partial charge in [-0.1, -0.05) is 48.5 Å². The van der Waals surface area contributed by atoms with Crippen molar-refractivity contribution in [2.24, 2.45) is 0 Å². The molecule has 6 heteroatoms. The van der Waals surface area contributed by atoms with Gasteiger partial charge in [0.2, 0.25) is 4.90 Å². The van der Waals surface area contributed by atoms with Crippen molar-refractivity contribution < 1.29 is 8.94 Å². The number of anilines is 1. The molecule has 1 aliphatic rings. The predicted molar refractivity (Wildman–Crippen MR) is 127 cm³/mol. The Kier molecular flexibility index (Phi) is 6.08. The van der Waals surface area contributed by atoms with Crippen molar-refractivity contribution in [1.29, 1.82) is 0 Å². The fraction of sp³-hybridized carbons (Fsp3) is 0.192. The zero-order valence-electron chi connectivity index (χ0n) is 17.7. The number of piperazine rings is 1. The lowest BCUT2D eigenvalue weighted by Crippen LogP contribution is -2.46. The molecular formula is C26H24FN3OS. The number of aromatic nitrogens is 1. The summed E-state index contributed by atoms with van der Waals surface area (Å²) < 4.78 is 27.7. The molecule has 2 heterocycles. The Balaban J connectivity index is 1.47. The zero-order valence-corrected chi connectivity index (χ0v) is 18.5. The summed E-state index contributed by atoms with van der Waals surface area (Å²) in [5.74, 6) is -0.314. The quantitative estimate of drug-likeness (QED) is 0.412. The fourth-order valence-corrected chi connectivity index (χ4v) is 5.46. The molecule has 5 rings (SSSR count). The first kappa shape index (κ1) is 20.9. The summed E-state index contributed by atoms with van der Waals surface area (Å²) in [6.45, 7) is 4.23. The van der Waals surface area contributed by atoms with E-state index in [0.717, 1.165) is 38.4 Å². The van der Waals surface area contributed by atoms with Gasteiger partial charge in [0.1, 0.15) is 11.5 Å². The summed E-state index contributed by atoms with van der Waals surface area (Å²) in [6.07, 6.45) is 1.69. The Morgan fingerprint density at radius 2 is 1.56 bits per heavy atom. The maximum absolute atomic E-state index is 14.2. The number of benzene rings is 3. The molecule has 4 aromatic rings. The van der Waals surface area contributed by atoms with Crippen LogP contribution in [0.2, 0.25) is 0 Å². The van der Waals surface area contributed by atoms with E-state index in [1.54, 1.807) is 12.3 Å². The molecule has 4 nitrogen and oxygen atoms in total. The second-order valence-electron chi connectivity index (χ2n) is 7.96. The van der Waals surface area contributed by atoms with Gasteiger partial charge in [-0.3, -0.25) is 9.88 Å². The summed E-state index contributed by atoms with van der Waals surface area (Å²) in [5.41, 5.74) is 2.83. The van der Waals surface area contributed by atoms with Crippen LogP contribution in [0.15, 0.2) is 94.9 Å². The van der Waals surface area contributed by atoms with Gasteiger partial charge in [0, 0.05) is 49.3 Å². The highest BCUT2D eigenvalue weighted by Gasteiger charge is 2.28. The van der Waals surface area contributed by atoms with Crippen molar-refractivity contribution in [3.63, 3.8) is 0 Å². The van der Waals surface area contributed by atoms with Crippen LogP contribution < -0.4 is 4.90 Å². The van der Waals surface area contributed by atoms with Crippen LogP contribution in [0.25, 0.3) is 10.9 Å². The van der Waals surface area contributed by atoms with Crippen LogP contribution in [-0.2, 0) is 17.7 Å². The van der Waals surface area contributed by atoms with E-state index in [9.17, 15) is 8.94 Å². The van der Waals surface area contributed by atoms with E-state index in [1.807, 2.05) is 36.4 Å². The van der Waals surface area contributed by atoms with Crippen LogP contribution in [0.4, 0.5) is 10.1 Å². The molecule has 0 spiro atoms. The van der Waals surface area contributed by atoms with E-state index in [-0.39, 0.29) is 5.82 Å². The summed E-state index contributed by atoms with van der Waals surface area (Å²) in [7, 11) is 0. The lowest BCUT2D eigenvalue weighted by molar-refractivity contribution is 0.249. The summed E-state index contributed by atoms with van der Waals surface area (Å²) in [5, 5.41) is 0.711. The molecule has 1 unspecified atom stereocenters. The third-order valence-corrected chi connectivity index (χ3v) is 7.26. The van der Waals surface area contributed by atoms with Gasteiger partial charge in [-0.2, -0.15) is 0 Å². The van der Waals surface area contributed by atoms with E-state index < -0.39 is 11.2 Å². The van der Waals surface area contributed by atoms with Crippen molar-refractivity contribution in [3.05, 3.63) is 96.4 Å². The van der Waals surface area contributed by atoms with Crippen LogP contribution in [0.5, 0.6) is 0 Å². The van der Waals surface area contributed by atoms with Crippen LogP contribution >= 0.6 is 0 Å². The minimum atomic E-state index is -1.40. The van der Waals surface area contributed by atoms with E-state index in [0.29, 0.717) is 20.7 Å². The largest absolute Gasteiger partial charge is 0.606 e. The predicted octanol–water partition coefficient (Wildman–Crippen LogP) is 4.86. The minimum absolute atomic E-state index is 0.314. The number of hydrogen-bond acceptors (Lipinski definition) is 4. The monoisotopic (exact) mass is 445 g/mol. The topological polar surface area (TPSA) is 42.4 Å². The molecule has 1 atom stereocenters. The third-order valence-electron chi connectivity index (χ3n) is 5.86. The first-order valence-electron chi connectivity index (χ1n) is 10.8. The molecule has 1 saturated heterocycles. The second kappa shape index (κ2) is 9.28. The van der Waals surface area contributed by atoms with Gasteiger partial charge in [-0.25, -0.2) is 4.39 Å². The maximum Gasteiger partial charge on any atom is 0.200 e. The SMILES string of the molecule is [O-][S+](c1ccccc1)c1cnc2ccc(F)cc2c1N1CCN(Cc2ccccc2)CC1. The Labute approximate surface area is 190 Å². The Morgan fingerprint density at radius 3 is 2.28 bits per heavy atom. The summed E-state index contributed by atoms with van der Waals surface area (Å²) in [6, 6.07) is 24.4. The van der Waals surface area contributed by atoms with Crippen LogP contribution in [-0.4, -0.2) is 40.6 Å². The molecule has 1 fully saturated rings. The highest BCUT2D eigenvalue weighted by molar-refractivity contribution is 7.91. The molecule has 0 amide bonds. The number of pyridine rings is 1. The van der Waals surface area contributed by atoms with Gasteiger partial charge in [0.25, 0.3) is 0 Å². The number of fused-ring (bicyclic) bond motifs is 1. The first-order valence-corrected chi connectivity index (χ1v) is 11.9. The number of rotatable bonds is 5. The molecule has 0 aliphatic carbocycles. The number of halogens is 1. The Hall–Kier alpha value is -2.93. The van der Waals surface area contributed by atoms with Crippen LogP contribution in [0.3, 0.4) is 0 Å². The highest BCUT2D eigenvalue weighted by atomic mass is 32.2. The molecule has 3 aromatic carbocycles. The summed E-state index contributed by atoms with van der Waals surface area (Å²) >= 11 is -1.40. The van der Waals surface area contributed by atoms with Gasteiger partial charge in [0.15, 0.2) is 4.90 Å². The van der Waals surface area contributed by atoms with Crippen LogP contribution in [0.1, 0.15) is 5.56 Å². The average molecular weight is 446 g/mol. The van der Waals surface area contributed by atoms with Crippen molar-refractivity contribution in [2.45, 2.75) is 16.3 Å². The molecule has 0 radical (unpaired) electrons. The number of hydrogen-bond donors (Lipinski definition) is 0. The highest BCUT2D eigenvalue weighted by Crippen LogP contribution is 2.36. The first-order chi connectivity index (χ1) is 15.7. The average Bonchev–Trinajstić information content (AvgIpc) is 2.84. The van der Waals surface area contributed by atoms with Crippen molar-refractivity contribution in [2.75, 3.05) is 31.1 Å². The molecule has 1 aromatic heterocycles. The lowest BCUT2D eigenvalue weighted by Gasteiger charge is -2.37. The van der Waals surface area contributed by atoms with E-state index in [1.165, 1.54) is 17.7 Å². The standard InChI is InChI=1S/C26H24FN3OS/c27-21-11-12-24-23(17-21)26(25(18-28-24)32(31)22-9-5-2-6-10-22)30-15-13-29(14-16-30)19-20-7-3-1-4-8-20/h1-12,17-18H,13-16,19H2. The van der Waals surface area contributed by atoms with Gasteiger partial charge in [-0.15, -0.1) is 0 Å². The zero-order chi connectivity index (χ0) is 21.9. The second-order valence-corrected chi connectivity index (χ2v) is 9.41. The van der Waals surface area contributed by atoms with Crippen molar-refractivity contribution in [3.8, 4) is 0 Å². The minimum Gasteiger partial charge on any atom is -0.606 e. The molecule has 1 aliphatic heterocycles. The Bertz CT molecular complexity index is 1200. The van der Waals surface area contributed by atoms with Gasteiger partial charge in [0.05, 0.1) is 11.7 Å².